The van der Waals surface area contributed by atoms with Gasteiger partial charge in [0.15, 0.2) is 0 Å². The van der Waals surface area contributed by atoms with Crippen molar-refractivity contribution in [2.45, 2.75) is 11.3 Å². The van der Waals surface area contributed by atoms with Crippen molar-refractivity contribution in [1.82, 2.24) is 4.31 Å². The zero-order chi connectivity index (χ0) is 14.2. The van der Waals surface area contributed by atoms with Gasteiger partial charge in [-0.05, 0) is 24.5 Å². The van der Waals surface area contributed by atoms with E-state index in [4.69, 9.17) is 22.4 Å². The minimum absolute atomic E-state index is 0.0642. The Balaban J connectivity index is 2.38. The minimum atomic E-state index is -3.81. The molecule has 0 spiro atoms. The monoisotopic (exact) mass is 308 g/mol. The van der Waals surface area contributed by atoms with Gasteiger partial charge in [-0.25, -0.2) is 12.8 Å². The second kappa shape index (κ2) is 5.24. The number of sulfonamides is 1. The molecule has 106 valence electrons. The first-order chi connectivity index (χ1) is 8.86. The van der Waals surface area contributed by atoms with Gasteiger partial charge in [0.25, 0.3) is 0 Å². The number of nitrogen functional groups attached to an aromatic ring is 1. The van der Waals surface area contributed by atoms with Crippen molar-refractivity contribution in [3.63, 3.8) is 0 Å². The van der Waals surface area contributed by atoms with Crippen molar-refractivity contribution >= 4 is 27.3 Å². The lowest BCUT2D eigenvalue weighted by molar-refractivity contribution is 0.233. The SMILES string of the molecule is Nc1cc(S(=O)(=O)N2CCC(CO)C2)c(Cl)cc1F. The number of halogens is 2. The molecule has 0 bridgehead atoms. The Hall–Kier alpha value is -0.890. The predicted octanol–water partition coefficient (Wildman–Crippen LogP) is 1.06. The fourth-order valence-electron chi connectivity index (χ4n) is 2.05. The molecule has 2 rings (SSSR count). The quantitative estimate of drug-likeness (QED) is 0.818. The summed E-state index contributed by atoms with van der Waals surface area (Å²) in [6, 6.07) is 1.92. The molecule has 0 aliphatic carbocycles. The van der Waals surface area contributed by atoms with E-state index in [1.165, 1.54) is 4.31 Å². The van der Waals surface area contributed by atoms with Crippen LogP contribution >= 0.6 is 11.6 Å². The summed E-state index contributed by atoms with van der Waals surface area (Å²) in [4.78, 5) is -0.202. The predicted molar refractivity (Wildman–Crippen MR) is 69.8 cm³/mol. The number of hydrogen-bond acceptors (Lipinski definition) is 4. The van der Waals surface area contributed by atoms with Gasteiger partial charge in [-0.15, -0.1) is 0 Å². The first-order valence-corrected chi connectivity index (χ1v) is 7.53. The van der Waals surface area contributed by atoms with Crippen LogP contribution in [0.5, 0.6) is 0 Å². The highest BCUT2D eigenvalue weighted by atomic mass is 35.5. The molecule has 1 atom stereocenters. The van der Waals surface area contributed by atoms with Gasteiger partial charge in [0.1, 0.15) is 10.7 Å². The van der Waals surface area contributed by atoms with Crippen LogP contribution in [-0.4, -0.2) is 37.5 Å². The Bertz CT molecular complexity index is 594. The van der Waals surface area contributed by atoms with E-state index in [0.29, 0.717) is 13.0 Å². The molecule has 0 radical (unpaired) electrons. The maximum atomic E-state index is 13.2. The summed E-state index contributed by atoms with van der Waals surface area (Å²) in [6.07, 6.45) is 0.587. The maximum Gasteiger partial charge on any atom is 0.244 e. The van der Waals surface area contributed by atoms with Gasteiger partial charge in [0.2, 0.25) is 10.0 Å². The molecule has 1 aromatic carbocycles. The zero-order valence-electron chi connectivity index (χ0n) is 10.0. The summed E-state index contributed by atoms with van der Waals surface area (Å²) in [7, 11) is -3.81. The van der Waals surface area contributed by atoms with Crippen LogP contribution in [0.1, 0.15) is 6.42 Å². The molecular weight excluding hydrogens is 295 g/mol. The van der Waals surface area contributed by atoms with Crippen LogP contribution in [0.15, 0.2) is 17.0 Å². The number of aliphatic hydroxyl groups excluding tert-OH is 1. The Morgan fingerprint density at radius 2 is 2.21 bits per heavy atom. The molecule has 1 fully saturated rings. The molecule has 8 heteroatoms. The van der Waals surface area contributed by atoms with Gasteiger partial charge in [-0.2, -0.15) is 4.31 Å². The van der Waals surface area contributed by atoms with Gasteiger partial charge < -0.3 is 10.8 Å². The molecule has 5 nitrogen and oxygen atoms in total. The molecule has 19 heavy (non-hydrogen) atoms. The number of hydrogen-bond donors (Lipinski definition) is 2. The Morgan fingerprint density at radius 3 is 2.79 bits per heavy atom. The van der Waals surface area contributed by atoms with E-state index >= 15 is 0 Å². The molecule has 1 unspecified atom stereocenters. The standard InChI is InChI=1S/C11H14ClFN2O3S/c12-8-3-9(13)10(14)4-11(8)19(17,18)15-2-1-7(5-15)6-16/h3-4,7,16H,1-2,5-6,14H2. The van der Waals surface area contributed by atoms with E-state index in [1.807, 2.05) is 0 Å². The third kappa shape index (κ3) is 2.69. The van der Waals surface area contributed by atoms with E-state index in [9.17, 15) is 12.8 Å². The molecule has 0 amide bonds. The summed E-state index contributed by atoms with van der Waals surface area (Å²) >= 11 is 5.78. The number of aliphatic hydroxyl groups is 1. The average Bonchev–Trinajstić information content (AvgIpc) is 2.83. The molecule has 1 aliphatic heterocycles. The van der Waals surface area contributed by atoms with Crippen LogP contribution in [0.2, 0.25) is 5.02 Å². The lowest BCUT2D eigenvalue weighted by Crippen LogP contribution is -2.29. The van der Waals surface area contributed by atoms with Crippen molar-refractivity contribution < 1.29 is 17.9 Å². The van der Waals surface area contributed by atoms with E-state index in [2.05, 4.69) is 0 Å². The summed E-state index contributed by atoms with van der Waals surface area (Å²) in [5.41, 5.74) is 5.12. The second-order valence-corrected chi connectivity index (χ2v) is 6.82. The summed E-state index contributed by atoms with van der Waals surface area (Å²) in [6.45, 7) is 0.471. The molecule has 1 aromatic rings. The minimum Gasteiger partial charge on any atom is -0.396 e. The highest BCUT2D eigenvalue weighted by Crippen LogP contribution is 2.31. The number of nitrogens with zero attached hydrogens (tertiary/aromatic N) is 1. The van der Waals surface area contributed by atoms with Gasteiger partial charge in [0, 0.05) is 19.7 Å². The van der Waals surface area contributed by atoms with Crippen LogP contribution in [0, 0.1) is 11.7 Å². The zero-order valence-corrected chi connectivity index (χ0v) is 11.6. The number of rotatable bonds is 3. The number of nitrogens with two attached hydrogens (primary N) is 1. The highest BCUT2D eigenvalue weighted by molar-refractivity contribution is 7.89. The molecule has 0 aromatic heterocycles. The Kier molecular flexibility index (Phi) is 4.00. The maximum absolute atomic E-state index is 13.2. The molecule has 3 N–H and O–H groups in total. The van der Waals surface area contributed by atoms with Crippen molar-refractivity contribution in [2.75, 3.05) is 25.4 Å². The fraction of sp³-hybridized carbons (Fsp3) is 0.455. The molecule has 1 aliphatic rings. The lowest BCUT2D eigenvalue weighted by Gasteiger charge is -2.17. The number of benzene rings is 1. The van der Waals surface area contributed by atoms with Crippen LogP contribution in [-0.2, 0) is 10.0 Å². The number of anilines is 1. The van der Waals surface area contributed by atoms with Gasteiger partial charge in [-0.3, -0.25) is 0 Å². The molecule has 1 saturated heterocycles. The highest BCUT2D eigenvalue weighted by Gasteiger charge is 2.33. The van der Waals surface area contributed by atoms with E-state index < -0.39 is 15.8 Å². The van der Waals surface area contributed by atoms with Gasteiger partial charge in [0.05, 0.1) is 10.7 Å². The normalized spacial score (nSPS) is 20.9. The largest absolute Gasteiger partial charge is 0.396 e. The molecule has 1 heterocycles. The summed E-state index contributed by atoms with van der Waals surface area (Å²) < 4.78 is 39.1. The van der Waals surface area contributed by atoms with E-state index in [1.54, 1.807) is 0 Å². The lowest BCUT2D eigenvalue weighted by atomic mass is 10.1. The van der Waals surface area contributed by atoms with Gasteiger partial charge in [-0.1, -0.05) is 11.6 Å². The topological polar surface area (TPSA) is 83.6 Å². The van der Waals surface area contributed by atoms with Crippen LogP contribution in [0.3, 0.4) is 0 Å². The third-order valence-electron chi connectivity index (χ3n) is 3.18. The van der Waals surface area contributed by atoms with E-state index in [0.717, 1.165) is 12.1 Å². The summed E-state index contributed by atoms with van der Waals surface area (Å²) in [5, 5.41) is 8.84. The second-order valence-electron chi connectivity index (χ2n) is 4.50. The van der Waals surface area contributed by atoms with Crippen LogP contribution in [0.25, 0.3) is 0 Å². The van der Waals surface area contributed by atoms with Crippen molar-refractivity contribution in [3.05, 3.63) is 23.0 Å². The fourth-order valence-corrected chi connectivity index (χ4v) is 4.10. The van der Waals surface area contributed by atoms with Crippen molar-refractivity contribution in [3.8, 4) is 0 Å². The molecule has 0 saturated carbocycles. The van der Waals surface area contributed by atoms with Gasteiger partial charge >= 0.3 is 0 Å². The van der Waals surface area contributed by atoms with Crippen LogP contribution < -0.4 is 5.73 Å². The van der Waals surface area contributed by atoms with Crippen molar-refractivity contribution in [2.24, 2.45) is 5.92 Å². The first-order valence-electron chi connectivity index (χ1n) is 5.71. The third-order valence-corrected chi connectivity index (χ3v) is 5.51. The van der Waals surface area contributed by atoms with Crippen molar-refractivity contribution in [1.29, 1.82) is 0 Å². The Labute approximate surface area is 115 Å². The smallest absolute Gasteiger partial charge is 0.244 e. The molecular formula is C11H14ClFN2O3S. The summed E-state index contributed by atoms with van der Waals surface area (Å²) in [5.74, 6) is -0.829. The van der Waals surface area contributed by atoms with Crippen LogP contribution in [0.4, 0.5) is 10.1 Å². The van der Waals surface area contributed by atoms with E-state index in [-0.39, 0.29) is 34.7 Å². The average molecular weight is 309 g/mol. The first kappa shape index (κ1) is 14.5. The Morgan fingerprint density at radius 1 is 1.53 bits per heavy atom.